The first kappa shape index (κ1) is 18.9. The van der Waals surface area contributed by atoms with E-state index in [0.717, 1.165) is 0 Å². The second-order valence-electron chi connectivity index (χ2n) is 6.96. The van der Waals surface area contributed by atoms with Crippen LogP contribution in [0.3, 0.4) is 0 Å². The van der Waals surface area contributed by atoms with Gasteiger partial charge in [0.05, 0.1) is 18.7 Å². The Balaban J connectivity index is 1.54. The number of amides is 1. The predicted octanol–water partition coefficient (Wildman–Crippen LogP) is 3.57. The van der Waals surface area contributed by atoms with E-state index >= 15 is 0 Å². The van der Waals surface area contributed by atoms with Crippen molar-refractivity contribution in [2.24, 2.45) is 0 Å². The van der Waals surface area contributed by atoms with Gasteiger partial charge in [-0.15, -0.1) is 0 Å². The normalized spacial score (nSPS) is 17.8. The summed E-state index contributed by atoms with van der Waals surface area (Å²) in [6.45, 7) is 0.541. The summed E-state index contributed by atoms with van der Waals surface area (Å²) < 4.78 is 5.71. The fraction of sp³-hybridized carbons (Fsp3) is 0.167. The van der Waals surface area contributed by atoms with Gasteiger partial charge in [-0.3, -0.25) is 9.59 Å². The summed E-state index contributed by atoms with van der Waals surface area (Å²) in [5.41, 5.74) is -0.348. The maximum Gasteiger partial charge on any atom is 0.264 e. The molecule has 1 N–H and O–H groups in total. The lowest BCUT2D eigenvalue weighted by Crippen LogP contribution is -2.43. The molecule has 146 valence electrons. The van der Waals surface area contributed by atoms with Gasteiger partial charge in [-0.2, -0.15) is 0 Å². The van der Waals surface area contributed by atoms with Crippen LogP contribution in [0, 0.1) is 0 Å². The number of ether oxygens (including phenoxy) is 1. The Morgan fingerprint density at radius 2 is 1.52 bits per heavy atom. The molecule has 4 rings (SSSR count). The van der Waals surface area contributed by atoms with E-state index in [-0.39, 0.29) is 25.4 Å². The molecule has 0 saturated carbocycles. The highest BCUT2D eigenvalue weighted by atomic mass is 16.5. The molecule has 1 aliphatic heterocycles. The van der Waals surface area contributed by atoms with Gasteiger partial charge in [0, 0.05) is 11.1 Å². The molecule has 0 bridgehead atoms. The van der Waals surface area contributed by atoms with Crippen molar-refractivity contribution in [3.05, 3.63) is 96.1 Å². The SMILES string of the molecule is O=C(C[C@@]1(O)C(=O)N(CCOc2ccccc2)c2ccccc21)c1ccccc1. The fourth-order valence-corrected chi connectivity index (χ4v) is 3.63. The summed E-state index contributed by atoms with van der Waals surface area (Å²) >= 11 is 0. The number of aliphatic hydroxyl groups is 1. The molecule has 0 saturated heterocycles. The zero-order valence-corrected chi connectivity index (χ0v) is 15.8. The molecule has 5 heteroatoms. The molecule has 0 unspecified atom stereocenters. The molecule has 5 nitrogen and oxygen atoms in total. The van der Waals surface area contributed by atoms with E-state index in [2.05, 4.69) is 0 Å². The van der Waals surface area contributed by atoms with E-state index in [1.165, 1.54) is 4.90 Å². The quantitative estimate of drug-likeness (QED) is 0.630. The molecular weight excluding hydrogens is 366 g/mol. The molecule has 0 radical (unpaired) electrons. The summed E-state index contributed by atoms with van der Waals surface area (Å²) in [7, 11) is 0. The number of carbonyl (C=O) groups is 2. The molecule has 1 amide bonds. The molecule has 1 atom stereocenters. The number of fused-ring (bicyclic) bond motifs is 1. The smallest absolute Gasteiger partial charge is 0.264 e. The molecule has 1 heterocycles. The van der Waals surface area contributed by atoms with E-state index in [1.807, 2.05) is 42.5 Å². The van der Waals surface area contributed by atoms with Gasteiger partial charge in [-0.25, -0.2) is 0 Å². The van der Waals surface area contributed by atoms with Gasteiger partial charge in [0.1, 0.15) is 12.4 Å². The van der Waals surface area contributed by atoms with Gasteiger partial charge in [0.2, 0.25) is 0 Å². The molecule has 0 spiro atoms. The highest BCUT2D eigenvalue weighted by Crippen LogP contribution is 2.42. The van der Waals surface area contributed by atoms with Crippen molar-refractivity contribution in [3.63, 3.8) is 0 Å². The van der Waals surface area contributed by atoms with Gasteiger partial charge in [0.15, 0.2) is 11.4 Å². The first-order valence-corrected chi connectivity index (χ1v) is 9.49. The lowest BCUT2D eigenvalue weighted by atomic mass is 9.88. The molecule has 1 aliphatic rings. The average molecular weight is 387 g/mol. The zero-order chi connectivity index (χ0) is 20.3. The number of hydrogen-bond acceptors (Lipinski definition) is 4. The van der Waals surface area contributed by atoms with Gasteiger partial charge >= 0.3 is 0 Å². The molecule has 0 aliphatic carbocycles. The minimum absolute atomic E-state index is 0.270. The van der Waals surface area contributed by atoms with Crippen molar-refractivity contribution < 1.29 is 19.4 Å². The van der Waals surface area contributed by atoms with E-state index in [4.69, 9.17) is 4.74 Å². The predicted molar refractivity (Wildman–Crippen MR) is 110 cm³/mol. The standard InChI is InChI=1S/C24H21NO4/c26-22(18-9-3-1-4-10-18)17-24(28)20-13-7-8-14-21(20)25(23(24)27)15-16-29-19-11-5-2-6-12-19/h1-14,28H,15-17H2/t24-/m0/s1. The molecule has 0 fully saturated rings. The number of carbonyl (C=O) groups excluding carboxylic acids is 2. The van der Waals surface area contributed by atoms with Crippen LogP contribution in [0.2, 0.25) is 0 Å². The first-order chi connectivity index (χ1) is 14.1. The van der Waals surface area contributed by atoms with Crippen molar-refractivity contribution >= 4 is 17.4 Å². The summed E-state index contributed by atoms with van der Waals surface area (Å²) in [6, 6.07) is 25.1. The van der Waals surface area contributed by atoms with Crippen LogP contribution in [0.25, 0.3) is 0 Å². The van der Waals surface area contributed by atoms with Crippen molar-refractivity contribution in [2.45, 2.75) is 12.0 Å². The number of rotatable bonds is 7. The first-order valence-electron chi connectivity index (χ1n) is 9.49. The summed E-state index contributed by atoms with van der Waals surface area (Å²) in [5, 5.41) is 11.3. The highest BCUT2D eigenvalue weighted by molar-refractivity contribution is 6.10. The van der Waals surface area contributed by atoms with Crippen LogP contribution in [0.4, 0.5) is 5.69 Å². The fourth-order valence-electron chi connectivity index (χ4n) is 3.63. The topological polar surface area (TPSA) is 66.8 Å². The molecular formula is C24H21NO4. The molecule has 0 aromatic heterocycles. The third-order valence-corrected chi connectivity index (χ3v) is 5.08. The minimum atomic E-state index is -1.88. The van der Waals surface area contributed by atoms with E-state index in [1.54, 1.807) is 42.5 Å². The Bertz CT molecular complexity index is 1020. The van der Waals surface area contributed by atoms with Crippen LogP contribution in [-0.2, 0) is 10.4 Å². The minimum Gasteiger partial charge on any atom is -0.492 e. The number of Topliss-reactive ketones (excluding diaryl/α,β-unsaturated/α-hetero) is 1. The van der Waals surface area contributed by atoms with Crippen LogP contribution < -0.4 is 9.64 Å². The summed E-state index contributed by atoms with van der Waals surface area (Å²) in [4.78, 5) is 27.4. The second kappa shape index (κ2) is 7.89. The second-order valence-corrected chi connectivity index (χ2v) is 6.96. The Kier molecular flexibility index (Phi) is 5.14. The average Bonchev–Trinajstić information content (AvgIpc) is 2.97. The van der Waals surface area contributed by atoms with Crippen LogP contribution in [-0.4, -0.2) is 29.9 Å². The Hall–Kier alpha value is -3.44. The van der Waals surface area contributed by atoms with Crippen molar-refractivity contribution in [2.75, 3.05) is 18.1 Å². The van der Waals surface area contributed by atoms with E-state index in [9.17, 15) is 14.7 Å². The lowest BCUT2D eigenvalue weighted by Gasteiger charge is -2.23. The van der Waals surface area contributed by atoms with Crippen molar-refractivity contribution in [3.8, 4) is 5.75 Å². The van der Waals surface area contributed by atoms with Gasteiger partial charge in [-0.05, 0) is 18.2 Å². The number of para-hydroxylation sites is 2. The lowest BCUT2D eigenvalue weighted by molar-refractivity contribution is -0.135. The van der Waals surface area contributed by atoms with Crippen molar-refractivity contribution in [1.29, 1.82) is 0 Å². The van der Waals surface area contributed by atoms with Crippen LogP contribution in [0.15, 0.2) is 84.9 Å². The van der Waals surface area contributed by atoms with Gasteiger partial charge in [-0.1, -0.05) is 66.7 Å². The Labute approximate surface area is 169 Å². The van der Waals surface area contributed by atoms with Crippen LogP contribution in [0.5, 0.6) is 5.75 Å². The van der Waals surface area contributed by atoms with Gasteiger partial charge < -0.3 is 14.7 Å². The third-order valence-electron chi connectivity index (χ3n) is 5.08. The molecule has 3 aromatic carbocycles. The van der Waals surface area contributed by atoms with Crippen molar-refractivity contribution in [1.82, 2.24) is 0 Å². The maximum absolute atomic E-state index is 13.2. The summed E-state index contributed by atoms with van der Waals surface area (Å²) in [6.07, 6.45) is -0.303. The largest absolute Gasteiger partial charge is 0.492 e. The monoisotopic (exact) mass is 387 g/mol. The summed E-state index contributed by atoms with van der Waals surface area (Å²) in [5.74, 6) is -0.0692. The van der Waals surface area contributed by atoms with Crippen LogP contribution >= 0.6 is 0 Å². The van der Waals surface area contributed by atoms with E-state index in [0.29, 0.717) is 22.6 Å². The number of nitrogens with zero attached hydrogens (tertiary/aromatic N) is 1. The Morgan fingerprint density at radius 1 is 0.897 bits per heavy atom. The molecule has 3 aromatic rings. The van der Waals surface area contributed by atoms with E-state index < -0.39 is 11.5 Å². The third kappa shape index (κ3) is 3.65. The Morgan fingerprint density at radius 3 is 2.24 bits per heavy atom. The van der Waals surface area contributed by atoms with Crippen LogP contribution in [0.1, 0.15) is 22.3 Å². The van der Waals surface area contributed by atoms with Gasteiger partial charge in [0.25, 0.3) is 5.91 Å². The maximum atomic E-state index is 13.2. The molecule has 29 heavy (non-hydrogen) atoms. The highest BCUT2D eigenvalue weighted by Gasteiger charge is 2.50. The zero-order valence-electron chi connectivity index (χ0n) is 15.8. The number of ketones is 1. The number of anilines is 1. The number of benzene rings is 3. The number of hydrogen-bond donors (Lipinski definition) is 1.